The molecule has 0 aromatic rings. The average molecular weight is 155 g/mol. The second-order valence-electron chi connectivity index (χ2n) is 3.88. The highest BCUT2D eigenvalue weighted by Crippen LogP contribution is 2.26. The molecule has 0 aliphatic carbocycles. The highest BCUT2D eigenvalue weighted by molar-refractivity contribution is 5.81. The van der Waals surface area contributed by atoms with E-state index in [4.69, 9.17) is 0 Å². The van der Waals surface area contributed by atoms with Crippen molar-refractivity contribution in [1.82, 2.24) is 5.32 Å². The van der Waals surface area contributed by atoms with E-state index in [1.54, 1.807) is 0 Å². The fourth-order valence-corrected chi connectivity index (χ4v) is 2.35. The first-order chi connectivity index (χ1) is 5.22. The Kier molecular flexibility index (Phi) is 1.42. The summed E-state index contributed by atoms with van der Waals surface area (Å²) in [6.07, 6.45) is 2.30. The number of piperazine rings is 1. The van der Waals surface area contributed by atoms with Gasteiger partial charge in [-0.3, -0.25) is 4.79 Å². The standard InChI is InChI=1S/C8H14N2O/c1-10-5-2-3-7(10)8(11)9-4-6-10/h7H,2-6H2,1H3/p+1/t7-,10-/m1/s1. The lowest BCUT2D eigenvalue weighted by molar-refractivity contribution is -0.913. The first-order valence-corrected chi connectivity index (χ1v) is 4.34. The van der Waals surface area contributed by atoms with Gasteiger partial charge in [0.2, 0.25) is 0 Å². The molecule has 2 atom stereocenters. The molecule has 2 aliphatic heterocycles. The third-order valence-corrected chi connectivity index (χ3v) is 3.12. The van der Waals surface area contributed by atoms with Crippen molar-refractivity contribution in [3.63, 3.8) is 0 Å². The third-order valence-electron chi connectivity index (χ3n) is 3.12. The van der Waals surface area contributed by atoms with Crippen LogP contribution >= 0.6 is 0 Å². The number of amides is 1. The van der Waals surface area contributed by atoms with Crippen LogP contribution in [0, 0.1) is 0 Å². The molecular formula is C8H15N2O+. The van der Waals surface area contributed by atoms with E-state index < -0.39 is 0 Å². The molecule has 0 aromatic heterocycles. The molecule has 2 aliphatic rings. The molecule has 62 valence electrons. The Morgan fingerprint density at radius 1 is 1.55 bits per heavy atom. The van der Waals surface area contributed by atoms with Crippen LogP contribution in [0.25, 0.3) is 0 Å². The number of hydrogen-bond donors (Lipinski definition) is 1. The van der Waals surface area contributed by atoms with Crippen molar-refractivity contribution in [2.45, 2.75) is 18.9 Å². The van der Waals surface area contributed by atoms with Gasteiger partial charge in [-0.15, -0.1) is 0 Å². The maximum atomic E-state index is 11.4. The van der Waals surface area contributed by atoms with Crippen LogP contribution in [0.2, 0.25) is 0 Å². The summed E-state index contributed by atoms with van der Waals surface area (Å²) < 4.78 is 0.992. The summed E-state index contributed by atoms with van der Waals surface area (Å²) in [7, 11) is 2.20. The summed E-state index contributed by atoms with van der Waals surface area (Å²) in [6.45, 7) is 3.18. The van der Waals surface area contributed by atoms with Gasteiger partial charge in [0.05, 0.1) is 26.7 Å². The van der Waals surface area contributed by atoms with Crippen molar-refractivity contribution < 1.29 is 9.28 Å². The molecule has 0 unspecified atom stereocenters. The molecule has 11 heavy (non-hydrogen) atoms. The number of carbonyl (C=O) groups is 1. The van der Waals surface area contributed by atoms with E-state index in [1.165, 1.54) is 13.0 Å². The molecule has 2 heterocycles. The van der Waals surface area contributed by atoms with Crippen molar-refractivity contribution in [3.8, 4) is 0 Å². The molecule has 0 aromatic carbocycles. The summed E-state index contributed by atoms with van der Waals surface area (Å²) >= 11 is 0. The number of fused-ring (bicyclic) bond motifs is 1. The predicted molar refractivity (Wildman–Crippen MR) is 42.0 cm³/mol. The van der Waals surface area contributed by atoms with E-state index >= 15 is 0 Å². The van der Waals surface area contributed by atoms with Gasteiger partial charge in [-0.25, -0.2) is 0 Å². The fraction of sp³-hybridized carbons (Fsp3) is 0.875. The van der Waals surface area contributed by atoms with E-state index in [0.29, 0.717) is 0 Å². The SMILES string of the molecule is C[N@+]12CCC[C@@H]1C(=O)NCC2. The highest BCUT2D eigenvalue weighted by atomic mass is 16.2. The Hall–Kier alpha value is -0.570. The number of hydrogen-bond acceptors (Lipinski definition) is 1. The van der Waals surface area contributed by atoms with Crippen molar-refractivity contribution in [2.75, 3.05) is 26.7 Å². The molecule has 0 spiro atoms. The smallest absolute Gasteiger partial charge is 0.278 e. The maximum absolute atomic E-state index is 11.4. The third kappa shape index (κ3) is 0.948. The number of likely N-dealkylation sites (N-methyl/N-ethyl adjacent to an activating group) is 1. The minimum Gasteiger partial charge on any atom is -0.345 e. The lowest BCUT2D eigenvalue weighted by Crippen LogP contribution is -2.62. The molecule has 2 rings (SSSR count). The molecule has 3 nitrogen and oxygen atoms in total. The zero-order valence-corrected chi connectivity index (χ0v) is 6.97. The van der Waals surface area contributed by atoms with Crippen molar-refractivity contribution in [1.29, 1.82) is 0 Å². The molecule has 3 heteroatoms. The zero-order valence-electron chi connectivity index (χ0n) is 6.97. The maximum Gasteiger partial charge on any atom is 0.278 e. The van der Waals surface area contributed by atoms with Gasteiger partial charge in [-0.2, -0.15) is 0 Å². The van der Waals surface area contributed by atoms with Crippen molar-refractivity contribution in [3.05, 3.63) is 0 Å². The van der Waals surface area contributed by atoms with Crippen LogP contribution in [0.5, 0.6) is 0 Å². The molecule has 0 saturated carbocycles. The first kappa shape index (κ1) is 7.10. The van der Waals surface area contributed by atoms with Gasteiger partial charge in [0.25, 0.3) is 5.91 Å². The van der Waals surface area contributed by atoms with Gasteiger partial charge >= 0.3 is 0 Å². The van der Waals surface area contributed by atoms with Gasteiger partial charge in [0.1, 0.15) is 0 Å². The van der Waals surface area contributed by atoms with E-state index in [-0.39, 0.29) is 11.9 Å². The monoisotopic (exact) mass is 155 g/mol. The molecule has 1 amide bonds. The van der Waals surface area contributed by atoms with Crippen LogP contribution in [-0.2, 0) is 4.79 Å². The van der Waals surface area contributed by atoms with Crippen LogP contribution in [0.3, 0.4) is 0 Å². The minimum atomic E-state index is 0.267. The zero-order chi connectivity index (χ0) is 7.90. The topological polar surface area (TPSA) is 29.1 Å². The number of rotatable bonds is 0. The van der Waals surface area contributed by atoms with Crippen LogP contribution in [0.1, 0.15) is 12.8 Å². The van der Waals surface area contributed by atoms with Gasteiger partial charge < -0.3 is 9.80 Å². The largest absolute Gasteiger partial charge is 0.345 e. The molecule has 2 fully saturated rings. The van der Waals surface area contributed by atoms with E-state index in [0.717, 1.165) is 24.0 Å². The number of quaternary nitrogens is 1. The van der Waals surface area contributed by atoms with Gasteiger partial charge in [-0.1, -0.05) is 0 Å². The summed E-state index contributed by atoms with van der Waals surface area (Å²) in [5.41, 5.74) is 0. The van der Waals surface area contributed by atoms with Gasteiger partial charge in [0.15, 0.2) is 6.04 Å². The summed E-state index contributed by atoms with van der Waals surface area (Å²) in [4.78, 5) is 11.4. The minimum absolute atomic E-state index is 0.267. The number of nitrogens with zero attached hydrogens (tertiary/aromatic N) is 1. The van der Waals surface area contributed by atoms with Crippen molar-refractivity contribution in [2.24, 2.45) is 0 Å². The van der Waals surface area contributed by atoms with Crippen LogP contribution < -0.4 is 5.32 Å². The Morgan fingerprint density at radius 3 is 3.09 bits per heavy atom. The van der Waals surface area contributed by atoms with Gasteiger partial charge in [0, 0.05) is 12.8 Å². The first-order valence-electron chi connectivity index (χ1n) is 4.34. The van der Waals surface area contributed by atoms with E-state index in [9.17, 15) is 4.79 Å². The summed E-state index contributed by atoms with van der Waals surface area (Å²) in [5.74, 6) is 0.274. The molecule has 2 saturated heterocycles. The highest BCUT2D eigenvalue weighted by Gasteiger charge is 2.45. The Labute approximate surface area is 67.0 Å². The van der Waals surface area contributed by atoms with Gasteiger partial charge in [-0.05, 0) is 0 Å². The molecular weight excluding hydrogens is 140 g/mol. The lowest BCUT2D eigenvalue weighted by Gasteiger charge is -2.38. The van der Waals surface area contributed by atoms with Crippen molar-refractivity contribution >= 4 is 5.91 Å². The normalized spacial score (nSPS) is 43.4. The van der Waals surface area contributed by atoms with E-state index in [2.05, 4.69) is 12.4 Å². The van der Waals surface area contributed by atoms with Crippen LogP contribution in [0.15, 0.2) is 0 Å². The Balaban J connectivity index is 2.22. The molecule has 1 N–H and O–H groups in total. The second kappa shape index (κ2) is 2.21. The van der Waals surface area contributed by atoms with E-state index in [1.807, 2.05) is 0 Å². The molecule has 0 radical (unpaired) electrons. The Bertz CT molecular complexity index is 193. The number of carbonyl (C=O) groups excluding carboxylic acids is 1. The summed E-state index contributed by atoms with van der Waals surface area (Å²) in [5, 5.41) is 2.92. The summed E-state index contributed by atoms with van der Waals surface area (Å²) in [6, 6.07) is 0.267. The fourth-order valence-electron chi connectivity index (χ4n) is 2.35. The Morgan fingerprint density at radius 2 is 2.36 bits per heavy atom. The second-order valence-corrected chi connectivity index (χ2v) is 3.88. The predicted octanol–water partition coefficient (Wildman–Crippen LogP) is -0.275. The average Bonchev–Trinajstić information content (AvgIpc) is 2.31. The molecule has 0 bridgehead atoms. The lowest BCUT2D eigenvalue weighted by atomic mass is 10.1. The number of nitrogens with one attached hydrogen (secondary N) is 1. The quantitative estimate of drug-likeness (QED) is 0.479. The van der Waals surface area contributed by atoms with Crippen LogP contribution in [0.4, 0.5) is 0 Å². The van der Waals surface area contributed by atoms with Crippen LogP contribution in [-0.4, -0.2) is 43.1 Å².